The number of hydrogen-bond donors (Lipinski definition) is 0. The molecule has 0 aromatic heterocycles. The number of nitrogens with zero attached hydrogens (tertiary/aromatic N) is 5. The van der Waals surface area contributed by atoms with Crippen molar-refractivity contribution >= 4 is 0 Å². The molecule has 2 atom stereocenters. The zero-order valence-electron chi connectivity index (χ0n) is 18.9. The van der Waals surface area contributed by atoms with Crippen molar-refractivity contribution in [3.05, 3.63) is 0 Å². The van der Waals surface area contributed by atoms with E-state index in [1.807, 2.05) is 0 Å². The highest BCUT2D eigenvalue weighted by atomic mass is 15.3. The zero-order chi connectivity index (χ0) is 19.6. The van der Waals surface area contributed by atoms with E-state index in [4.69, 9.17) is 0 Å². The summed E-state index contributed by atoms with van der Waals surface area (Å²) >= 11 is 0. The van der Waals surface area contributed by atoms with Crippen LogP contribution >= 0.6 is 0 Å². The Morgan fingerprint density at radius 2 is 1.29 bits per heavy atom. The topological polar surface area (TPSA) is 16.2 Å². The highest BCUT2D eigenvalue weighted by Crippen LogP contribution is 2.44. The van der Waals surface area contributed by atoms with Gasteiger partial charge in [0, 0.05) is 44.8 Å². The van der Waals surface area contributed by atoms with E-state index in [9.17, 15) is 0 Å². The van der Waals surface area contributed by atoms with E-state index in [1.54, 1.807) is 0 Å². The van der Waals surface area contributed by atoms with E-state index >= 15 is 0 Å². The standard InChI is InChI=1S/C23H45N5/c1-24-12-7-23(8-13-24)9-14-25(2)21(19-23)22-20-28(16-15-26(22)3)18-17-27-10-5-4-6-11-27/h21-22H,4-20H2,1-3H3. The van der Waals surface area contributed by atoms with Crippen molar-refractivity contribution in [1.29, 1.82) is 0 Å². The van der Waals surface area contributed by atoms with Gasteiger partial charge in [-0.25, -0.2) is 0 Å². The van der Waals surface area contributed by atoms with Gasteiger partial charge in [0.2, 0.25) is 0 Å². The summed E-state index contributed by atoms with van der Waals surface area (Å²) in [5, 5.41) is 0. The van der Waals surface area contributed by atoms with Crippen molar-refractivity contribution in [2.45, 2.75) is 57.0 Å². The van der Waals surface area contributed by atoms with Gasteiger partial charge >= 0.3 is 0 Å². The molecule has 4 rings (SSSR count). The van der Waals surface area contributed by atoms with Gasteiger partial charge in [-0.15, -0.1) is 0 Å². The molecular formula is C23H45N5. The minimum atomic E-state index is 0.626. The van der Waals surface area contributed by atoms with Crippen LogP contribution in [0.25, 0.3) is 0 Å². The summed E-state index contributed by atoms with van der Waals surface area (Å²) in [5.74, 6) is 0. The van der Waals surface area contributed by atoms with Gasteiger partial charge in [0.05, 0.1) is 0 Å². The molecule has 4 aliphatic rings. The maximum absolute atomic E-state index is 2.78. The normalized spacial score (nSPS) is 34.8. The lowest BCUT2D eigenvalue weighted by Gasteiger charge is -2.54. The largest absolute Gasteiger partial charge is 0.306 e. The summed E-state index contributed by atoms with van der Waals surface area (Å²) in [6.45, 7) is 12.9. The summed E-state index contributed by atoms with van der Waals surface area (Å²) < 4.78 is 0. The number of likely N-dealkylation sites (tertiary alicyclic amines) is 3. The van der Waals surface area contributed by atoms with E-state index in [1.165, 1.54) is 110 Å². The molecule has 28 heavy (non-hydrogen) atoms. The lowest BCUT2D eigenvalue weighted by Crippen LogP contribution is -2.63. The quantitative estimate of drug-likeness (QED) is 0.725. The highest BCUT2D eigenvalue weighted by molar-refractivity contribution is 5.00. The lowest BCUT2D eigenvalue weighted by molar-refractivity contribution is -0.0346. The van der Waals surface area contributed by atoms with Crippen molar-refractivity contribution in [3.8, 4) is 0 Å². The number of hydrogen-bond acceptors (Lipinski definition) is 5. The van der Waals surface area contributed by atoms with Crippen molar-refractivity contribution < 1.29 is 0 Å². The molecule has 1 spiro atoms. The van der Waals surface area contributed by atoms with Crippen LogP contribution in [0, 0.1) is 5.41 Å². The Kier molecular flexibility index (Phi) is 6.99. The number of piperazine rings is 1. The maximum atomic E-state index is 2.78. The first kappa shape index (κ1) is 21.0. The molecule has 4 aliphatic heterocycles. The third-order valence-corrected chi connectivity index (χ3v) is 8.66. The van der Waals surface area contributed by atoms with Crippen LogP contribution in [0.1, 0.15) is 44.9 Å². The third kappa shape index (κ3) is 4.92. The molecule has 162 valence electrons. The molecular weight excluding hydrogens is 346 g/mol. The van der Waals surface area contributed by atoms with Crippen molar-refractivity contribution in [2.24, 2.45) is 5.41 Å². The van der Waals surface area contributed by atoms with Gasteiger partial charge in [-0.05, 0) is 97.8 Å². The van der Waals surface area contributed by atoms with E-state index in [0.717, 1.165) is 6.04 Å². The van der Waals surface area contributed by atoms with Crippen LogP contribution in [0.15, 0.2) is 0 Å². The fraction of sp³-hybridized carbons (Fsp3) is 1.00. The molecule has 4 saturated heterocycles. The predicted molar refractivity (Wildman–Crippen MR) is 118 cm³/mol. The molecule has 0 aromatic carbocycles. The Labute approximate surface area is 174 Å². The van der Waals surface area contributed by atoms with Crippen molar-refractivity contribution in [3.63, 3.8) is 0 Å². The Bertz CT molecular complexity index is 478. The fourth-order valence-corrected chi connectivity index (χ4v) is 6.30. The average Bonchev–Trinajstić information content (AvgIpc) is 2.72. The van der Waals surface area contributed by atoms with Crippen LogP contribution in [0.5, 0.6) is 0 Å². The minimum absolute atomic E-state index is 0.626. The summed E-state index contributed by atoms with van der Waals surface area (Å²) in [6.07, 6.45) is 9.95. The molecule has 0 saturated carbocycles. The van der Waals surface area contributed by atoms with Crippen LogP contribution in [0.4, 0.5) is 0 Å². The van der Waals surface area contributed by atoms with Crippen LogP contribution in [-0.4, -0.2) is 123 Å². The van der Waals surface area contributed by atoms with E-state index in [2.05, 4.69) is 45.6 Å². The van der Waals surface area contributed by atoms with Crippen molar-refractivity contribution in [1.82, 2.24) is 24.5 Å². The third-order valence-electron chi connectivity index (χ3n) is 8.66. The summed E-state index contributed by atoms with van der Waals surface area (Å²) in [5.41, 5.74) is 0.626. The summed E-state index contributed by atoms with van der Waals surface area (Å²) in [4.78, 5) is 13.4. The monoisotopic (exact) mass is 391 g/mol. The SMILES string of the molecule is CN1CCC2(CC1)CCN(C)C(C1CN(CCN3CCCCC3)CCN1C)C2. The van der Waals surface area contributed by atoms with Gasteiger partial charge in [0.1, 0.15) is 0 Å². The molecule has 2 unspecified atom stereocenters. The number of likely N-dealkylation sites (N-methyl/N-ethyl adjacent to an activating group) is 2. The molecule has 0 aliphatic carbocycles. The van der Waals surface area contributed by atoms with E-state index in [-0.39, 0.29) is 0 Å². The minimum Gasteiger partial charge on any atom is -0.306 e. The maximum Gasteiger partial charge on any atom is 0.0376 e. The lowest BCUT2D eigenvalue weighted by atomic mass is 9.67. The summed E-state index contributed by atoms with van der Waals surface area (Å²) in [6, 6.07) is 1.44. The van der Waals surface area contributed by atoms with Crippen LogP contribution in [-0.2, 0) is 0 Å². The molecule has 0 bridgehead atoms. The first-order chi connectivity index (χ1) is 13.5. The number of piperidine rings is 3. The second-order valence-electron chi connectivity index (χ2n) is 10.6. The van der Waals surface area contributed by atoms with Gasteiger partial charge < -0.3 is 14.7 Å². The zero-order valence-corrected chi connectivity index (χ0v) is 18.9. The van der Waals surface area contributed by atoms with Crippen LogP contribution < -0.4 is 0 Å². The molecule has 5 heteroatoms. The Hall–Kier alpha value is -0.200. The van der Waals surface area contributed by atoms with Gasteiger partial charge in [-0.1, -0.05) is 6.42 Å². The summed E-state index contributed by atoms with van der Waals surface area (Å²) in [7, 11) is 7.08. The Morgan fingerprint density at radius 3 is 2.04 bits per heavy atom. The smallest absolute Gasteiger partial charge is 0.0376 e. The Morgan fingerprint density at radius 1 is 0.643 bits per heavy atom. The predicted octanol–water partition coefficient (Wildman–Crippen LogP) is 1.89. The fourth-order valence-electron chi connectivity index (χ4n) is 6.30. The number of rotatable bonds is 4. The second-order valence-corrected chi connectivity index (χ2v) is 10.6. The molecule has 5 nitrogen and oxygen atoms in total. The van der Waals surface area contributed by atoms with Crippen molar-refractivity contribution in [2.75, 3.05) is 86.6 Å². The first-order valence-corrected chi connectivity index (χ1v) is 12.1. The molecule has 0 amide bonds. The van der Waals surface area contributed by atoms with Gasteiger partial charge in [0.15, 0.2) is 0 Å². The molecule has 0 radical (unpaired) electrons. The second kappa shape index (κ2) is 9.30. The van der Waals surface area contributed by atoms with E-state index in [0.29, 0.717) is 11.5 Å². The average molecular weight is 392 g/mol. The van der Waals surface area contributed by atoms with Crippen LogP contribution in [0.3, 0.4) is 0 Å². The molecule has 0 aromatic rings. The molecule has 0 N–H and O–H groups in total. The molecule has 4 heterocycles. The van der Waals surface area contributed by atoms with Crippen LogP contribution in [0.2, 0.25) is 0 Å². The highest BCUT2D eigenvalue weighted by Gasteiger charge is 2.44. The Balaban J connectivity index is 1.35. The van der Waals surface area contributed by atoms with Gasteiger partial charge in [-0.2, -0.15) is 0 Å². The molecule has 4 fully saturated rings. The van der Waals surface area contributed by atoms with E-state index < -0.39 is 0 Å². The van der Waals surface area contributed by atoms with Gasteiger partial charge in [-0.3, -0.25) is 9.80 Å². The first-order valence-electron chi connectivity index (χ1n) is 12.1. The van der Waals surface area contributed by atoms with Gasteiger partial charge in [0.25, 0.3) is 0 Å².